The number of hydrogen-bond donors (Lipinski definition) is 1. The van der Waals surface area contributed by atoms with E-state index in [1.165, 1.54) is 7.11 Å². The van der Waals surface area contributed by atoms with E-state index in [2.05, 4.69) is 47.5 Å². The Bertz CT molecular complexity index is 1020. The molecule has 1 unspecified atom stereocenters. The second kappa shape index (κ2) is 11.9. The molecule has 0 heterocycles. The van der Waals surface area contributed by atoms with E-state index in [-0.39, 0.29) is 17.0 Å². The van der Waals surface area contributed by atoms with Crippen molar-refractivity contribution >= 4 is 34.8 Å². The molecule has 0 spiro atoms. The van der Waals surface area contributed by atoms with E-state index < -0.39 is 5.92 Å². The van der Waals surface area contributed by atoms with Gasteiger partial charge in [-0.25, -0.2) is 4.89 Å². The lowest BCUT2D eigenvalue weighted by atomic mass is 9.75. The highest BCUT2D eigenvalue weighted by atomic mass is 32.2. The topological polar surface area (TPSA) is 71.5 Å². The Hall–Kier alpha value is -2.52. The molecule has 0 aliphatic heterocycles. The van der Waals surface area contributed by atoms with Crippen LogP contribution in [0.1, 0.15) is 44.2 Å². The third-order valence-electron chi connectivity index (χ3n) is 6.15. The van der Waals surface area contributed by atoms with Crippen molar-refractivity contribution in [3.63, 3.8) is 0 Å². The standard InChI is InChI=1S/C27H36N2O5S/c1-27(2,3)15-16-28(4)21-11-7-19(8-12-21)23-25(30)24(26(23)31)20-9-13-22(14-10-20)29(5)17-18-35-34-33-32-6/h7-14,23,30H,15-18H2,1-6H3. The van der Waals surface area contributed by atoms with Crippen molar-refractivity contribution in [3.8, 4) is 0 Å². The zero-order valence-corrected chi connectivity index (χ0v) is 22.2. The zero-order valence-electron chi connectivity index (χ0n) is 21.4. The third-order valence-corrected chi connectivity index (χ3v) is 6.65. The highest BCUT2D eigenvalue weighted by molar-refractivity contribution is 7.94. The van der Waals surface area contributed by atoms with Crippen molar-refractivity contribution in [2.45, 2.75) is 33.1 Å². The first kappa shape index (κ1) is 27.1. The molecule has 1 aliphatic carbocycles. The first-order valence-electron chi connectivity index (χ1n) is 11.7. The number of anilines is 2. The molecule has 7 nitrogen and oxygen atoms in total. The molecule has 1 N–H and O–H groups in total. The largest absolute Gasteiger partial charge is 0.510 e. The van der Waals surface area contributed by atoms with Crippen LogP contribution >= 0.6 is 12.0 Å². The molecule has 0 saturated carbocycles. The van der Waals surface area contributed by atoms with Gasteiger partial charge >= 0.3 is 0 Å². The first-order chi connectivity index (χ1) is 16.6. The molecule has 0 radical (unpaired) electrons. The lowest BCUT2D eigenvalue weighted by Gasteiger charge is -2.29. The van der Waals surface area contributed by atoms with E-state index in [0.29, 0.717) is 11.3 Å². The summed E-state index contributed by atoms with van der Waals surface area (Å²) in [5, 5.41) is 15.1. The maximum atomic E-state index is 13.0. The Morgan fingerprint density at radius 2 is 1.51 bits per heavy atom. The number of ketones is 1. The van der Waals surface area contributed by atoms with Crippen molar-refractivity contribution in [1.29, 1.82) is 0 Å². The van der Waals surface area contributed by atoms with Gasteiger partial charge in [-0.15, -0.1) is 4.33 Å². The Kier molecular flexibility index (Phi) is 9.24. The van der Waals surface area contributed by atoms with Crippen LogP contribution in [0.5, 0.6) is 0 Å². The minimum Gasteiger partial charge on any atom is -0.510 e. The number of aliphatic hydroxyl groups excluding tert-OH is 1. The summed E-state index contributed by atoms with van der Waals surface area (Å²) in [6.07, 6.45) is 1.09. The summed E-state index contributed by atoms with van der Waals surface area (Å²) in [4.78, 5) is 21.6. The van der Waals surface area contributed by atoms with E-state index in [1.54, 1.807) is 0 Å². The average molecular weight is 501 g/mol. The highest BCUT2D eigenvalue weighted by Crippen LogP contribution is 2.43. The number of hydrogen-bond acceptors (Lipinski definition) is 8. The van der Waals surface area contributed by atoms with Crippen molar-refractivity contribution in [1.82, 2.24) is 0 Å². The normalized spacial score (nSPS) is 15.8. The van der Waals surface area contributed by atoms with Gasteiger partial charge < -0.3 is 14.9 Å². The molecule has 8 heteroatoms. The molecule has 190 valence electrons. The molecule has 0 amide bonds. The van der Waals surface area contributed by atoms with Gasteiger partial charge in [-0.05, 0) is 47.2 Å². The summed E-state index contributed by atoms with van der Waals surface area (Å²) in [7, 11) is 5.42. The molecule has 0 fully saturated rings. The first-order valence-corrected chi connectivity index (χ1v) is 12.6. The van der Waals surface area contributed by atoms with Gasteiger partial charge in [0.05, 0.1) is 12.7 Å². The fourth-order valence-electron chi connectivity index (χ4n) is 3.88. The molecular formula is C27H36N2O5S. The fourth-order valence-corrected chi connectivity index (χ4v) is 4.39. The highest BCUT2D eigenvalue weighted by Gasteiger charge is 2.41. The van der Waals surface area contributed by atoms with Gasteiger partial charge in [-0.3, -0.25) is 4.79 Å². The molecule has 2 aromatic carbocycles. The molecule has 1 aliphatic rings. The van der Waals surface area contributed by atoms with Gasteiger partial charge in [0, 0.05) is 56.4 Å². The molecule has 0 aromatic heterocycles. The number of nitrogens with zero attached hydrogens (tertiary/aromatic N) is 2. The van der Waals surface area contributed by atoms with Crippen LogP contribution < -0.4 is 9.80 Å². The van der Waals surface area contributed by atoms with Gasteiger partial charge in [0.1, 0.15) is 11.7 Å². The minimum atomic E-state index is -0.590. The van der Waals surface area contributed by atoms with Crippen LogP contribution in [0.4, 0.5) is 11.4 Å². The quantitative estimate of drug-likeness (QED) is 0.170. The van der Waals surface area contributed by atoms with Crippen molar-refractivity contribution in [3.05, 3.63) is 65.4 Å². The second-order valence-corrected chi connectivity index (χ2v) is 10.8. The van der Waals surface area contributed by atoms with Crippen LogP contribution in [0.25, 0.3) is 5.57 Å². The molecule has 0 bridgehead atoms. The summed E-state index contributed by atoms with van der Waals surface area (Å²) < 4.78 is 4.75. The number of benzene rings is 2. The smallest absolute Gasteiger partial charge is 0.181 e. The number of aliphatic hydroxyl groups is 1. The van der Waals surface area contributed by atoms with Crippen LogP contribution in [-0.2, 0) is 19.1 Å². The number of carbonyl (C=O) groups excluding carboxylic acids is 1. The molecule has 2 aromatic rings. The third kappa shape index (κ3) is 7.01. The van der Waals surface area contributed by atoms with Gasteiger partial charge in [-0.1, -0.05) is 50.1 Å². The summed E-state index contributed by atoms with van der Waals surface area (Å²) in [5.74, 6) is 0.173. The number of Topliss-reactive ketones (excluding diaryl/α,β-unsaturated/α-hetero) is 1. The minimum absolute atomic E-state index is 0.0517. The Morgan fingerprint density at radius 3 is 2.06 bits per heavy atom. The molecule has 35 heavy (non-hydrogen) atoms. The van der Waals surface area contributed by atoms with E-state index in [0.717, 1.165) is 54.1 Å². The number of allylic oxidation sites excluding steroid dienone is 2. The molecular weight excluding hydrogens is 464 g/mol. The summed E-state index contributed by atoms with van der Waals surface area (Å²) in [6, 6.07) is 15.5. The molecule has 1 atom stereocenters. The van der Waals surface area contributed by atoms with Crippen molar-refractivity contribution in [2.75, 3.05) is 49.8 Å². The zero-order chi connectivity index (χ0) is 25.6. The van der Waals surface area contributed by atoms with E-state index in [9.17, 15) is 9.90 Å². The average Bonchev–Trinajstić information content (AvgIpc) is 2.83. The predicted molar refractivity (Wildman–Crippen MR) is 142 cm³/mol. The van der Waals surface area contributed by atoms with Gasteiger partial charge in [-0.2, -0.15) is 0 Å². The maximum Gasteiger partial charge on any atom is 0.181 e. The van der Waals surface area contributed by atoms with Gasteiger partial charge in [0.2, 0.25) is 0 Å². The van der Waals surface area contributed by atoms with Crippen LogP contribution in [-0.4, -0.2) is 50.9 Å². The summed E-state index contributed by atoms with van der Waals surface area (Å²) in [6.45, 7) is 8.40. The molecule has 0 saturated heterocycles. The number of carbonyl (C=O) groups is 1. The maximum absolute atomic E-state index is 13.0. The van der Waals surface area contributed by atoms with E-state index in [1.807, 2.05) is 55.6 Å². The monoisotopic (exact) mass is 500 g/mol. The van der Waals surface area contributed by atoms with Crippen LogP contribution in [0.15, 0.2) is 54.3 Å². The van der Waals surface area contributed by atoms with E-state index >= 15 is 0 Å². The Labute approximate surface area is 212 Å². The summed E-state index contributed by atoms with van der Waals surface area (Å²) in [5.41, 5.74) is 4.32. The summed E-state index contributed by atoms with van der Waals surface area (Å²) >= 11 is 1.15. The van der Waals surface area contributed by atoms with Gasteiger partial charge in [0.15, 0.2) is 5.78 Å². The van der Waals surface area contributed by atoms with Gasteiger partial charge in [0.25, 0.3) is 0 Å². The van der Waals surface area contributed by atoms with Crippen LogP contribution in [0.2, 0.25) is 0 Å². The Balaban J connectivity index is 1.62. The lowest BCUT2D eigenvalue weighted by Crippen LogP contribution is -2.28. The molecule has 3 rings (SSSR count). The second-order valence-electron chi connectivity index (χ2n) is 9.97. The number of rotatable bonds is 12. The van der Waals surface area contributed by atoms with E-state index in [4.69, 9.17) is 4.33 Å². The van der Waals surface area contributed by atoms with Crippen molar-refractivity contribution < 1.29 is 24.2 Å². The fraction of sp³-hybridized carbons (Fsp3) is 0.444. The predicted octanol–water partition coefficient (Wildman–Crippen LogP) is 5.79. The van der Waals surface area contributed by atoms with Crippen LogP contribution in [0.3, 0.4) is 0 Å². The Morgan fingerprint density at radius 1 is 0.943 bits per heavy atom. The SMILES string of the molecule is COOOSCCN(C)c1ccc(C2=C(O)C(c3ccc(N(C)CCC(C)(C)C)cc3)C2=O)cc1. The lowest BCUT2D eigenvalue weighted by molar-refractivity contribution is -0.447. The van der Waals surface area contributed by atoms with Crippen molar-refractivity contribution in [2.24, 2.45) is 5.41 Å². The van der Waals surface area contributed by atoms with Crippen LogP contribution in [0, 0.1) is 5.41 Å².